The lowest BCUT2D eigenvalue weighted by molar-refractivity contribution is -0.133. The van der Waals surface area contributed by atoms with Gasteiger partial charge in [-0.2, -0.15) is 0 Å². The zero-order chi connectivity index (χ0) is 14.8. The number of likely N-dealkylation sites (N-methyl/N-ethyl adjacent to an activating group) is 1. The zero-order valence-corrected chi connectivity index (χ0v) is 12.7. The number of amides is 2. The predicted molar refractivity (Wildman–Crippen MR) is 74.9 cm³/mol. The fourth-order valence-corrected chi connectivity index (χ4v) is 1.76. The molecule has 0 saturated carbocycles. The van der Waals surface area contributed by atoms with Gasteiger partial charge >= 0.3 is 0 Å². The number of nitrogens with one attached hydrogen (secondary N) is 2. The first-order valence-corrected chi connectivity index (χ1v) is 6.79. The molecule has 0 heterocycles. The monoisotopic (exact) mass is 273 g/mol. The van der Waals surface area contributed by atoms with Crippen LogP contribution in [-0.2, 0) is 14.3 Å². The van der Waals surface area contributed by atoms with Crippen LogP contribution in [0, 0.1) is 0 Å². The molecule has 0 saturated heterocycles. The van der Waals surface area contributed by atoms with E-state index in [1.807, 2.05) is 13.8 Å². The minimum atomic E-state index is -0.411. The molecule has 0 fully saturated rings. The molecule has 2 N–H and O–H groups in total. The highest BCUT2D eigenvalue weighted by atomic mass is 16.5. The predicted octanol–water partition coefficient (Wildman–Crippen LogP) is -0.0160. The maximum atomic E-state index is 12.0. The molecule has 0 aromatic rings. The van der Waals surface area contributed by atoms with Crippen molar-refractivity contribution in [2.45, 2.75) is 39.8 Å². The van der Waals surface area contributed by atoms with Gasteiger partial charge in [0.05, 0.1) is 18.7 Å². The minimum Gasteiger partial charge on any atom is -0.383 e. The Kier molecular flexibility index (Phi) is 9.16. The van der Waals surface area contributed by atoms with Gasteiger partial charge in [0.15, 0.2) is 0 Å². The van der Waals surface area contributed by atoms with Gasteiger partial charge in [-0.15, -0.1) is 0 Å². The van der Waals surface area contributed by atoms with Gasteiger partial charge in [-0.1, -0.05) is 0 Å². The van der Waals surface area contributed by atoms with E-state index in [-0.39, 0.29) is 17.9 Å². The maximum absolute atomic E-state index is 12.0. The lowest BCUT2D eigenvalue weighted by atomic mass is 10.2. The second-order valence-electron chi connectivity index (χ2n) is 4.40. The molecule has 0 aliphatic carbocycles. The van der Waals surface area contributed by atoms with Gasteiger partial charge in [-0.25, -0.2) is 0 Å². The molecular weight excluding hydrogens is 246 g/mol. The van der Waals surface area contributed by atoms with Crippen LogP contribution in [0.3, 0.4) is 0 Å². The number of ether oxygens (including phenoxy) is 1. The number of hydrogen-bond donors (Lipinski definition) is 2. The third kappa shape index (κ3) is 6.54. The highest BCUT2D eigenvalue weighted by molar-refractivity contribution is 5.84. The van der Waals surface area contributed by atoms with E-state index in [9.17, 15) is 9.59 Å². The van der Waals surface area contributed by atoms with E-state index in [0.717, 1.165) is 0 Å². The van der Waals surface area contributed by atoms with Crippen LogP contribution in [0.15, 0.2) is 0 Å². The lowest BCUT2D eigenvalue weighted by Crippen LogP contribution is -2.52. The summed E-state index contributed by atoms with van der Waals surface area (Å²) in [6.45, 7) is 9.70. The molecule has 0 spiro atoms. The molecule has 2 atom stereocenters. The van der Waals surface area contributed by atoms with Crippen molar-refractivity contribution in [3.05, 3.63) is 0 Å². The normalized spacial score (nSPS) is 13.7. The van der Waals surface area contributed by atoms with Crippen molar-refractivity contribution in [3.8, 4) is 0 Å². The Morgan fingerprint density at radius 2 is 1.74 bits per heavy atom. The van der Waals surface area contributed by atoms with E-state index in [2.05, 4.69) is 10.6 Å². The number of hydrogen-bond acceptors (Lipinski definition) is 4. The summed E-state index contributed by atoms with van der Waals surface area (Å²) in [5, 5.41) is 5.74. The summed E-state index contributed by atoms with van der Waals surface area (Å²) >= 11 is 0. The van der Waals surface area contributed by atoms with E-state index in [4.69, 9.17) is 4.74 Å². The molecule has 0 bridgehead atoms. The molecule has 0 aromatic carbocycles. The molecular formula is C13H27N3O3. The van der Waals surface area contributed by atoms with Crippen LogP contribution in [0.4, 0.5) is 0 Å². The average Bonchev–Trinajstić information content (AvgIpc) is 2.39. The van der Waals surface area contributed by atoms with Crippen LogP contribution < -0.4 is 10.6 Å². The van der Waals surface area contributed by atoms with E-state index in [0.29, 0.717) is 26.2 Å². The molecule has 19 heavy (non-hydrogen) atoms. The van der Waals surface area contributed by atoms with Crippen molar-refractivity contribution in [3.63, 3.8) is 0 Å². The third-order valence-corrected chi connectivity index (χ3v) is 2.94. The Bertz CT molecular complexity index is 280. The summed E-state index contributed by atoms with van der Waals surface area (Å²) in [5.74, 6) is -0.113. The largest absolute Gasteiger partial charge is 0.383 e. The van der Waals surface area contributed by atoms with Crippen molar-refractivity contribution in [1.29, 1.82) is 0 Å². The van der Waals surface area contributed by atoms with Gasteiger partial charge in [0.25, 0.3) is 0 Å². The quantitative estimate of drug-likeness (QED) is 0.579. The molecule has 0 aromatic heterocycles. The second kappa shape index (κ2) is 9.75. The number of rotatable bonds is 9. The molecule has 2 amide bonds. The molecule has 6 nitrogen and oxygen atoms in total. The van der Waals surface area contributed by atoms with E-state index < -0.39 is 6.04 Å². The van der Waals surface area contributed by atoms with Crippen LogP contribution in [0.2, 0.25) is 0 Å². The highest BCUT2D eigenvalue weighted by Gasteiger charge is 2.22. The molecule has 0 rings (SSSR count). The SMILES string of the molecule is CCN(CC)C(=O)C(C)NC(C)C(=O)NCCOC. The Morgan fingerprint density at radius 1 is 1.16 bits per heavy atom. The maximum Gasteiger partial charge on any atom is 0.239 e. The van der Waals surface area contributed by atoms with Gasteiger partial charge in [0, 0.05) is 26.7 Å². The molecule has 112 valence electrons. The molecule has 6 heteroatoms. The van der Waals surface area contributed by atoms with Crippen molar-refractivity contribution in [2.24, 2.45) is 0 Å². The Balaban J connectivity index is 4.19. The van der Waals surface area contributed by atoms with E-state index in [1.54, 1.807) is 25.9 Å². The van der Waals surface area contributed by atoms with Crippen LogP contribution in [-0.4, -0.2) is 62.1 Å². The van der Waals surface area contributed by atoms with Crippen molar-refractivity contribution in [1.82, 2.24) is 15.5 Å². The van der Waals surface area contributed by atoms with Gasteiger partial charge in [0.1, 0.15) is 0 Å². The number of carbonyl (C=O) groups excluding carboxylic acids is 2. The Hall–Kier alpha value is -1.14. The fourth-order valence-electron chi connectivity index (χ4n) is 1.76. The fraction of sp³-hybridized carbons (Fsp3) is 0.846. The first kappa shape index (κ1) is 17.9. The van der Waals surface area contributed by atoms with Gasteiger partial charge < -0.3 is 15.0 Å². The molecule has 0 radical (unpaired) electrons. The summed E-state index contributed by atoms with van der Waals surface area (Å²) in [5.41, 5.74) is 0. The molecule has 0 aliphatic rings. The summed E-state index contributed by atoms with van der Waals surface area (Å²) < 4.78 is 4.86. The average molecular weight is 273 g/mol. The number of carbonyl (C=O) groups is 2. The standard InChI is InChI=1S/C13H27N3O3/c1-6-16(7-2)13(18)11(4)15-10(3)12(17)14-8-9-19-5/h10-11,15H,6-9H2,1-5H3,(H,14,17). The van der Waals surface area contributed by atoms with E-state index >= 15 is 0 Å². The molecule has 2 unspecified atom stereocenters. The molecule has 0 aliphatic heterocycles. The van der Waals surface area contributed by atoms with Crippen LogP contribution in [0.25, 0.3) is 0 Å². The summed E-state index contributed by atoms with van der Waals surface area (Å²) in [6, 6.07) is -0.783. The number of nitrogens with zero attached hydrogens (tertiary/aromatic N) is 1. The van der Waals surface area contributed by atoms with E-state index in [1.165, 1.54) is 0 Å². The topological polar surface area (TPSA) is 70.7 Å². The van der Waals surface area contributed by atoms with Crippen molar-refractivity contribution in [2.75, 3.05) is 33.4 Å². The Labute approximate surface area is 115 Å². The summed E-state index contributed by atoms with van der Waals surface area (Å²) in [6.07, 6.45) is 0. The smallest absolute Gasteiger partial charge is 0.239 e. The summed E-state index contributed by atoms with van der Waals surface area (Å²) in [7, 11) is 1.58. The first-order valence-electron chi connectivity index (χ1n) is 6.79. The van der Waals surface area contributed by atoms with Crippen LogP contribution in [0.5, 0.6) is 0 Å². The third-order valence-electron chi connectivity index (χ3n) is 2.94. The first-order chi connectivity index (χ1) is 8.97. The number of methoxy groups -OCH3 is 1. The highest BCUT2D eigenvalue weighted by Crippen LogP contribution is 1.96. The van der Waals surface area contributed by atoms with Crippen molar-refractivity contribution >= 4 is 11.8 Å². The van der Waals surface area contributed by atoms with Gasteiger partial charge in [-0.05, 0) is 27.7 Å². The van der Waals surface area contributed by atoms with Gasteiger partial charge in [-0.3, -0.25) is 14.9 Å². The zero-order valence-electron chi connectivity index (χ0n) is 12.7. The van der Waals surface area contributed by atoms with Gasteiger partial charge in [0.2, 0.25) is 11.8 Å². The Morgan fingerprint density at radius 3 is 2.21 bits per heavy atom. The minimum absolute atomic E-state index is 0.0153. The van der Waals surface area contributed by atoms with Crippen molar-refractivity contribution < 1.29 is 14.3 Å². The van der Waals surface area contributed by atoms with Crippen LogP contribution in [0.1, 0.15) is 27.7 Å². The second-order valence-corrected chi connectivity index (χ2v) is 4.40. The van der Waals surface area contributed by atoms with Crippen LogP contribution >= 0.6 is 0 Å². The summed E-state index contributed by atoms with van der Waals surface area (Å²) in [4.78, 5) is 25.5. The lowest BCUT2D eigenvalue weighted by Gasteiger charge is -2.25.